The van der Waals surface area contributed by atoms with Crippen LogP contribution >= 0.6 is 0 Å². The number of fused-ring (bicyclic) bond motifs is 2. The summed E-state index contributed by atoms with van der Waals surface area (Å²) in [7, 11) is 0. The molecule has 0 bridgehead atoms. The molecule has 1 aromatic heterocycles. The molecular weight excluding hydrogens is 262 g/mol. The zero-order valence-electron chi connectivity index (χ0n) is 12.0. The van der Waals surface area contributed by atoms with E-state index >= 15 is 0 Å². The Morgan fingerprint density at radius 2 is 2.10 bits per heavy atom. The maximum atomic E-state index is 12.8. The summed E-state index contributed by atoms with van der Waals surface area (Å²) in [5.74, 6) is 0.453. The largest absolute Gasteiger partial charge is 0.347 e. The molecule has 4 rings (SSSR count). The van der Waals surface area contributed by atoms with Crippen LogP contribution in [0.2, 0.25) is 0 Å². The van der Waals surface area contributed by atoms with E-state index in [1.807, 2.05) is 4.90 Å². The predicted molar refractivity (Wildman–Crippen MR) is 79.7 cm³/mol. The first-order valence-electron chi connectivity index (χ1n) is 7.68. The quantitative estimate of drug-likeness (QED) is 0.870. The Balaban J connectivity index is 1.49. The highest BCUT2D eigenvalue weighted by atomic mass is 16.2. The van der Waals surface area contributed by atoms with Gasteiger partial charge in [-0.25, -0.2) is 4.98 Å². The fraction of sp³-hybridized carbons (Fsp3) is 0.412. The third-order valence-corrected chi connectivity index (χ3v) is 4.78. The Labute approximate surface area is 124 Å². The number of imidazole rings is 1. The van der Waals surface area contributed by atoms with Gasteiger partial charge in [-0.15, -0.1) is 0 Å². The molecule has 2 aromatic rings. The van der Waals surface area contributed by atoms with Crippen molar-refractivity contribution in [3.8, 4) is 0 Å². The topological polar surface area (TPSA) is 49.0 Å². The fourth-order valence-corrected chi connectivity index (χ4v) is 3.57. The predicted octanol–water partition coefficient (Wildman–Crippen LogP) is 2.10. The minimum atomic E-state index is 0.143. The zero-order chi connectivity index (χ0) is 14.2. The molecule has 1 amide bonds. The zero-order valence-corrected chi connectivity index (χ0v) is 12.0. The molecule has 2 aliphatic rings. The SMILES string of the molecule is O=C([C@@H]1CCc2ccccc2C1)N1CCc2nc[nH]c2C1. The van der Waals surface area contributed by atoms with E-state index in [1.165, 1.54) is 11.1 Å². The average molecular weight is 281 g/mol. The maximum Gasteiger partial charge on any atom is 0.226 e. The highest BCUT2D eigenvalue weighted by Gasteiger charge is 2.30. The number of benzene rings is 1. The van der Waals surface area contributed by atoms with E-state index < -0.39 is 0 Å². The molecule has 0 radical (unpaired) electrons. The number of aromatic amines is 1. The van der Waals surface area contributed by atoms with Gasteiger partial charge < -0.3 is 9.88 Å². The summed E-state index contributed by atoms with van der Waals surface area (Å²) in [4.78, 5) is 22.2. The standard InChI is InChI=1S/C17H19N3O/c21-17(20-8-7-15-16(10-20)19-11-18-15)14-6-5-12-3-1-2-4-13(12)9-14/h1-4,11,14H,5-10H2,(H,18,19)/t14-/m1/s1. The Kier molecular flexibility index (Phi) is 3.02. The van der Waals surface area contributed by atoms with E-state index in [9.17, 15) is 4.79 Å². The summed E-state index contributed by atoms with van der Waals surface area (Å²) in [6.07, 6.45) is 5.49. The first-order valence-corrected chi connectivity index (χ1v) is 7.68. The van der Waals surface area contributed by atoms with Gasteiger partial charge in [0.25, 0.3) is 0 Å². The third kappa shape index (κ3) is 2.24. The van der Waals surface area contributed by atoms with Crippen molar-refractivity contribution in [2.45, 2.75) is 32.2 Å². The van der Waals surface area contributed by atoms with Gasteiger partial charge in [-0.2, -0.15) is 0 Å². The van der Waals surface area contributed by atoms with Gasteiger partial charge in [-0.3, -0.25) is 4.79 Å². The lowest BCUT2D eigenvalue weighted by Gasteiger charge is -2.32. The van der Waals surface area contributed by atoms with Crippen molar-refractivity contribution in [3.05, 3.63) is 53.1 Å². The van der Waals surface area contributed by atoms with E-state index in [0.717, 1.165) is 43.6 Å². The van der Waals surface area contributed by atoms with E-state index in [1.54, 1.807) is 6.33 Å². The molecule has 0 spiro atoms. The van der Waals surface area contributed by atoms with Crippen molar-refractivity contribution in [1.82, 2.24) is 14.9 Å². The van der Waals surface area contributed by atoms with Crippen LogP contribution in [0.15, 0.2) is 30.6 Å². The molecule has 1 atom stereocenters. The second-order valence-electron chi connectivity index (χ2n) is 6.05. The number of H-pyrrole nitrogens is 1. The molecule has 0 fully saturated rings. The van der Waals surface area contributed by atoms with Crippen molar-refractivity contribution < 1.29 is 4.79 Å². The summed E-state index contributed by atoms with van der Waals surface area (Å²) in [5.41, 5.74) is 4.98. The Bertz CT molecular complexity index is 676. The number of carbonyl (C=O) groups is 1. The lowest BCUT2D eigenvalue weighted by molar-refractivity contribution is -0.136. The number of rotatable bonds is 1. The fourth-order valence-electron chi connectivity index (χ4n) is 3.57. The normalized spacial score (nSPS) is 20.8. The molecule has 2 heterocycles. The molecule has 0 saturated carbocycles. The van der Waals surface area contributed by atoms with Gasteiger partial charge in [0, 0.05) is 18.9 Å². The summed E-state index contributed by atoms with van der Waals surface area (Å²) in [5, 5.41) is 0. The van der Waals surface area contributed by atoms with Gasteiger partial charge in [0.15, 0.2) is 0 Å². The van der Waals surface area contributed by atoms with Crippen LogP contribution in [0.25, 0.3) is 0 Å². The molecule has 1 N–H and O–H groups in total. The molecule has 0 unspecified atom stereocenters. The number of aromatic nitrogens is 2. The first-order chi connectivity index (χ1) is 10.3. The molecule has 1 aromatic carbocycles. The molecule has 4 nitrogen and oxygen atoms in total. The molecule has 1 aliphatic heterocycles. The maximum absolute atomic E-state index is 12.8. The van der Waals surface area contributed by atoms with Crippen LogP contribution in [0.3, 0.4) is 0 Å². The Morgan fingerprint density at radius 1 is 1.24 bits per heavy atom. The molecule has 21 heavy (non-hydrogen) atoms. The number of carbonyl (C=O) groups excluding carboxylic acids is 1. The van der Waals surface area contributed by atoms with Crippen LogP contribution in [-0.2, 0) is 30.6 Å². The number of amides is 1. The number of hydrogen-bond acceptors (Lipinski definition) is 2. The second kappa shape index (κ2) is 5.02. The highest BCUT2D eigenvalue weighted by Crippen LogP contribution is 2.28. The van der Waals surface area contributed by atoms with Crippen molar-refractivity contribution in [3.63, 3.8) is 0 Å². The van der Waals surface area contributed by atoms with Crippen molar-refractivity contribution >= 4 is 5.91 Å². The van der Waals surface area contributed by atoms with E-state index in [-0.39, 0.29) is 5.92 Å². The monoisotopic (exact) mass is 281 g/mol. The van der Waals surface area contributed by atoms with Crippen LogP contribution < -0.4 is 0 Å². The smallest absolute Gasteiger partial charge is 0.226 e. The van der Waals surface area contributed by atoms with Gasteiger partial charge in [0.1, 0.15) is 0 Å². The lowest BCUT2D eigenvalue weighted by atomic mass is 9.83. The molecular formula is C17H19N3O. The number of hydrogen-bond donors (Lipinski definition) is 1. The summed E-state index contributed by atoms with van der Waals surface area (Å²) >= 11 is 0. The van der Waals surface area contributed by atoms with E-state index in [2.05, 4.69) is 34.2 Å². The van der Waals surface area contributed by atoms with E-state index in [0.29, 0.717) is 12.5 Å². The van der Waals surface area contributed by atoms with Crippen LogP contribution in [0.5, 0.6) is 0 Å². The van der Waals surface area contributed by atoms with Crippen molar-refractivity contribution in [2.75, 3.05) is 6.54 Å². The van der Waals surface area contributed by atoms with Crippen LogP contribution in [-0.4, -0.2) is 27.3 Å². The molecule has 4 heteroatoms. The molecule has 0 saturated heterocycles. The minimum absolute atomic E-state index is 0.143. The van der Waals surface area contributed by atoms with E-state index in [4.69, 9.17) is 0 Å². The van der Waals surface area contributed by atoms with Crippen LogP contribution in [0, 0.1) is 5.92 Å². The average Bonchev–Trinajstić information content (AvgIpc) is 3.01. The Hall–Kier alpha value is -2.10. The third-order valence-electron chi connectivity index (χ3n) is 4.78. The lowest BCUT2D eigenvalue weighted by Crippen LogP contribution is -2.41. The van der Waals surface area contributed by atoms with Crippen molar-refractivity contribution in [1.29, 1.82) is 0 Å². The molecule has 1 aliphatic carbocycles. The summed E-state index contributed by atoms with van der Waals surface area (Å²) in [6, 6.07) is 8.51. The van der Waals surface area contributed by atoms with Gasteiger partial charge in [-0.05, 0) is 30.4 Å². The minimum Gasteiger partial charge on any atom is -0.347 e. The number of nitrogens with zero attached hydrogens (tertiary/aromatic N) is 2. The van der Waals surface area contributed by atoms with Gasteiger partial charge in [-0.1, -0.05) is 24.3 Å². The van der Waals surface area contributed by atoms with Gasteiger partial charge >= 0.3 is 0 Å². The first kappa shape index (κ1) is 12.6. The Morgan fingerprint density at radius 3 is 3.00 bits per heavy atom. The summed E-state index contributed by atoms with van der Waals surface area (Å²) < 4.78 is 0. The van der Waals surface area contributed by atoms with Gasteiger partial charge in [0.2, 0.25) is 5.91 Å². The van der Waals surface area contributed by atoms with Crippen LogP contribution in [0.4, 0.5) is 0 Å². The highest BCUT2D eigenvalue weighted by molar-refractivity contribution is 5.79. The number of nitrogens with one attached hydrogen (secondary N) is 1. The second-order valence-corrected chi connectivity index (χ2v) is 6.05. The van der Waals surface area contributed by atoms with Crippen LogP contribution in [0.1, 0.15) is 28.9 Å². The molecule has 108 valence electrons. The van der Waals surface area contributed by atoms with Gasteiger partial charge in [0.05, 0.1) is 24.3 Å². The number of aryl methyl sites for hydroxylation is 1. The summed E-state index contributed by atoms with van der Waals surface area (Å²) in [6.45, 7) is 1.49. The van der Waals surface area contributed by atoms with Crippen molar-refractivity contribution in [2.24, 2.45) is 5.92 Å².